The Hall–Kier alpha value is -4.02. The number of hydrogen-bond donors (Lipinski definition) is 2. The van der Waals surface area contributed by atoms with Gasteiger partial charge in [0.25, 0.3) is 0 Å². The van der Waals surface area contributed by atoms with Crippen molar-refractivity contribution in [3.63, 3.8) is 0 Å². The zero-order valence-corrected chi connectivity index (χ0v) is 28.8. The number of hydrogen-bond acceptors (Lipinski definition) is 8. The van der Waals surface area contributed by atoms with E-state index in [-0.39, 0.29) is 42.8 Å². The zero-order valence-electron chi connectivity index (χ0n) is 28.8. The molecular formula is C37H51N3O8. The van der Waals surface area contributed by atoms with Crippen LogP contribution >= 0.6 is 0 Å². The van der Waals surface area contributed by atoms with E-state index in [1.807, 2.05) is 31.2 Å². The summed E-state index contributed by atoms with van der Waals surface area (Å²) in [6.45, 7) is 15.8. The molecule has 0 bridgehead atoms. The Kier molecular flexibility index (Phi) is 10.7. The summed E-state index contributed by atoms with van der Waals surface area (Å²) in [5.41, 5.74) is 0.733. The van der Waals surface area contributed by atoms with Crippen molar-refractivity contribution < 1.29 is 38.1 Å². The molecule has 2 heterocycles. The second-order valence-electron chi connectivity index (χ2n) is 14.6. The maximum absolute atomic E-state index is 14.3. The average Bonchev–Trinajstić information content (AvgIpc) is 3.43. The summed E-state index contributed by atoms with van der Waals surface area (Å²) in [5, 5.41) is 6.03. The minimum absolute atomic E-state index is 0.142. The van der Waals surface area contributed by atoms with Crippen molar-refractivity contribution >= 4 is 23.9 Å². The maximum Gasteiger partial charge on any atom is 0.410 e. The number of rotatable bonds is 14. The fourth-order valence-electron chi connectivity index (χ4n) is 7.31. The molecule has 1 aromatic rings. The molecule has 0 aromatic heterocycles. The van der Waals surface area contributed by atoms with Gasteiger partial charge in [-0.15, -0.1) is 13.2 Å². The highest BCUT2D eigenvalue weighted by Gasteiger charge is 2.54. The molecule has 1 unspecified atom stereocenters. The van der Waals surface area contributed by atoms with E-state index in [1.165, 1.54) is 0 Å². The summed E-state index contributed by atoms with van der Waals surface area (Å²) < 4.78 is 22.7. The number of Topliss-reactive ketones (excluding diaryl/α,β-unsaturated/α-hetero) is 1. The van der Waals surface area contributed by atoms with Crippen LogP contribution in [0.3, 0.4) is 0 Å². The number of allylic oxidation sites excluding steroid dienone is 1. The van der Waals surface area contributed by atoms with Crippen LogP contribution in [0.5, 0.6) is 11.5 Å². The van der Waals surface area contributed by atoms with Crippen molar-refractivity contribution in [2.24, 2.45) is 17.8 Å². The number of nitrogens with one attached hydrogen (secondary N) is 2. The summed E-state index contributed by atoms with van der Waals surface area (Å²) in [7, 11) is 0. The standard InChI is InChI=1S/C37H51N3O8/c1-7-10-11-12-13-14-29(38-34(43)48-36(4,5)6)31(41)26-17-25(18-27(26)33(42)39-37(9-3)19-24(37)8-2)47-35(44)40-20-23-15-16-30-32(28(23)21-40)46-22-45-30/h7-8,15-16,24-27,29H,1-2,9-14,17-22H2,3-6H3,(H,38,43)(H,39,42)/t24-,25+,26?,27-,29+,37-/m1/s1. The van der Waals surface area contributed by atoms with Gasteiger partial charge in [-0.25, -0.2) is 9.59 Å². The lowest BCUT2D eigenvalue weighted by Crippen LogP contribution is -2.49. The Bertz CT molecular complexity index is 1420. The molecule has 5 rings (SSSR count). The van der Waals surface area contributed by atoms with Crippen molar-refractivity contribution in [2.45, 2.75) is 122 Å². The molecular weight excluding hydrogens is 614 g/mol. The quantitative estimate of drug-likeness (QED) is 0.174. The average molecular weight is 666 g/mol. The van der Waals surface area contributed by atoms with Gasteiger partial charge in [0.05, 0.1) is 18.5 Å². The van der Waals surface area contributed by atoms with Gasteiger partial charge in [0.2, 0.25) is 12.7 Å². The minimum Gasteiger partial charge on any atom is -0.454 e. The largest absolute Gasteiger partial charge is 0.454 e. The van der Waals surface area contributed by atoms with E-state index in [4.69, 9.17) is 18.9 Å². The highest BCUT2D eigenvalue weighted by Crippen LogP contribution is 2.48. The van der Waals surface area contributed by atoms with Crippen LogP contribution in [0.25, 0.3) is 0 Å². The lowest BCUT2D eigenvalue weighted by molar-refractivity contribution is -0.134. The summed E-state index contributed by atoms with van der Waals surface area (Å²) in [6.07, 6.45) is 7.56. The van der Waals surface area contributed by atoms with E-state index in [1.54, 1.807) is 25.7 Å². The lowest BCUT2D eigenvalue weighted by atomic mass is 9.85. The summed E-state index contributed by atoms with van der Waals surface area (Å²) in [5.74, 6) is -0.479. The third-order valence-corrected chi connectivity index (χ3v) is 10.1. The molecule has 11 heteroatoms. The van der Waals surface area contributed by atoms with Gasteiger partial charge in [0.15, 0.2) is 17.3 Å². The van der Waals surface area contributed by atoms with Gasteiger partial charge in [-0.2, -0.15) is 0 Å². The van der Waals surface area contributed by atoms with Crippen molar-refractivity contribution in [3.05, 3.63) is 48.6 Å². The number of benzene rings is 1. The zero-order chi connectivity index (χ0) is 34.6. The van der Waals surface area contributed by atoms with Gasteiger partial charge in [-0.1, -0.05) is 38.0 Å². The number of amides is 3. The van der Waals surface area contributed by atoms with Crippen molar-refractivity contribution in [2.75, 3.05) is 6.79 Å². The first-order valence-electron chi connectivity index (χ1n) is 17.3. The van der Waals surface area contributed by atoms with E-state index < -0.39 is 41.8 Å². The number of alkyl carbamates (subject to hydrolysis) is 1. The highest BCUT2D eigenvalue weighted by molar-refractivity contribution is 5.94. The van der Waals surface area contributed by atoms with Crippen LogP contribution in [0.1, 0.15) is 96.6 Å². The monoisotopic (exact) mass is 665 g/mol. The molecule has 2 saturated carbocycles. The number of carbonyl (C=O) groups excluding carboxylic acids is 4. The predicted molar refractivity (Wildman–Crippen MR) is 179 cm³/mol. The number of fused-ring (bicyclic) bond motifs is 3. The Morgan fingerprint density at radius 1 is 1.08 bits per heavy atom. The van der Waals surface area contributed by atoms with E-state index >= 15 is 0 Å². The van der Waals surface area contributed by atoms with Crippen LogP contribution in [0.2, 0.25) is 0 Å². The van der Waals surface area contributed by atoms with E-state index in [0.29, 0.717) is 37.4 Å². The molecule has 48 heavy (non-hydrogen) atoms. The van der Waals surface area contributed by atoms with E-state index in [2.05, 4.69) is 23.8 Å². The fraction of sp³-hybridized carbons (Fsp3) is 0.622. The number of ketones is 1. The van der Waals surface area contributed by atoms with Gasteiger partial charge in [-0.05, 0) is 77.3 Å². The summed E-state index contributed by atoms with van der Waals surface area (Å²) in [6, 6.07) is 2.92. The molecule has 2 fully saturated rings. The second kappa shape index (κ2) is 14.6. The molecule has 4 aliphatic rings. The molecule has 3 amide bonds. The van der Waals surface area contributed by atoms with Gasteiger partial charge in [0.1, 0.15) is 11.7 Å². The molecule has 2 aliphatic heterocycles. The van der Waals surface area contributed by atoms with Crippen molar-refractivity contribution in [3.8, 4) is 11.5 Å². The molecule has 0 spiro atoms. The van der Waals surface area contributed by atoms with Crippen LogP contribution in [0.15, 0.2) is 37.4 Å². The molecule has 262 valence electrons. The first-order chi connectivity index (χ1) is 22.9. The summed E-state index contributed by atoms with van der Waals surface area (Å²) >= 11 is 0. The van der Waals surface area contributed by atoms with Gasteiger partial charge in [-0.3, -0.25) is 14.5 Å². The van der Waals surface area contributed by atoms with Gasteiger partial charge < -0.3 is 29.6 Å². The first-order valence-corrected chi connectivity index (χ1v) is 17.3. The fourth-order valence-corrected chi connectivity index (χ4v) is 7.31. The van der Waals surface area contributed by atoms with Crippen LogP contribution in [0.4, 0.5) is 9.59 Å². The predicted octanol–water partition coefficient (Wildman–Crippen LogP) is 6.33. The van der Waals surface area contributed by atoms with Gasteiger partial charge in [0, 0.05) is 29.5 Å². The molecule has 0 saturated heterocycles. The highest BCUT2D eigenvalue weighted by atomic mass is 16.7. The lowest BCUT2D eigenvalue weighted by Gasteiger charge is -2.27. The smallest absolute Gasteiger partial charge is 0.410 e. The molecule has 0 radical (unpaired) electrons. The normalized spacial score (nSPS) is 25.9. The Morgan fingerprint density at radius 2 is 1.85 bits per heavy atom. The van der Waals surface area contributed by atoms with Crippen LogP contribution < -0.4 is 20.1 Å². The first kappa shape index (κ1) is 35.3. The third kappa shape index (κ3) is 7.98. The Morgan fingerprint density at radius 3 is 2.54 bits per heavy atom. The second-order valence-corrected chi connectivity index (χ2v) is 14.6. The molecule has 1 aromatic carbocycles. The van der Waals surface area contributed by atoms with Crippen LogP contribution in [-0.2, 0) is 32.2 Å². The van der Waals surface area contributed by atoms with E-state index in [9.17, 15) is 19.2 Å². The molecule has 6 atom stereocenters. The Balaban J connectivity index is 1.31. The Labute approximate surface area is 283 Å². The third-order valence-electron chi connectivity index (χ3n) is 10.1. The summed E-state index contributed by atoms with van der Waals surface area (Å²) in [4.78, 5) is 56.3. The number of unbranched alkanes of at least 4 members (excludes halogenated alkanes) is 3. The van der Waals surface area contributed by atoms with Gasteiger partial charge >= 0.3 is 12.2 Å². The van der Waals surface area contributed by atoms with Crippen LogP contribution in [-0.4, -0.2) is 58.9 Å². The minimum atomic E-state index is -0.849. The topological polar surface area (TPSA) is 132 Å². The molecule has 2 N–H and O–H groups in total. The molecule has 2 aliphatic carbocycles. The number of ether oxygens (including phenoxy) is 4. The van der Waals surface area contributed by atoms with Crippen LogP contribution in [0, 0.1) is 17.8 Å². The number of nitrogens with zero attached hydrogens (tertiary/aromatic N) is 1. The van der Waals surface area contributed by atoms with E-state index in [0.717, 1.165) is 43.2 Å². The maximum atomic E-state index is 14.3. The SMILES string of the molecule is C=CCCCCC[C@H](NC(=O)OC(C)(C)C)C(=O)C1C[C@H](OC(=O)N2Cc3ccc4c(c3C2)OCO4)C[C@H]1C(=O)N[C@]1(CC)C[C@H]1C=C. The van der Waals surface area contributed by atoms with Crippen molar-refractivity contribution in [1.82, 2.24) is 15.5 Å². The number of carbonyl (C=O) groups is 4. The molecule has 11 nitrogen and oxygen atoms in total. The van der Waals surface area contributed by atoms with Crippen molar-refractivity contribution in [1.29, 1.82) is 0 Å².